The number of hydrogen-bond acceptors (Lipinski definition) is 0. The van der Waals surface area contributed by atoms with Crippen LogP contribution >= 0.6 is 0 Å². The van der Waals surface area contributed by atoms with E-state index in [1.807, 2.05) is 6.07 Å². The van der Waals surface area contributed by atoms with E-state index in [0.717, 1.165) is 0 Å². The summed E-state index contributed by atoms with van der Waals surface area (Å²) < 4.78 is 0. The fourth-order valence-electron chi connectivity index (χ4n) is 1.98. The fourth-order valence-corrected chi connectivity index (χ4v) is 1.98. The molecule has 0 amide bonds. The monoisotopic (exact) mass is 3240 g/mol. The van der Waals surface area contributed by atoms with Gasteiger partial charge in [0.25, 0.3) is 0 Å². The molecule has 2 rings (SSSR count). The Hall–Kier alpha value is 35.8. The topological polar surface area (TPSA) is 0 Å². The molecule has 51 heavy (non-hydrogen) atoms. The molecule has 34 heteroatoms. The normalized spacial score (nSPS) is 3.45. The van der Waals surface area contributed by atoms with E-state index in [9.17, 15) is 0 Å². The molecule has 0 atom stereocenters. The van der Waals surface area contributed by atoms with Crippen LogP contribution < -0.4 is 0 Å². The van der Waals surface area contributed by atoms with Gasteiger partial charge in [0.2, 0.25) is 0 Å². The average Bonchev–Trinajstić information content (AvgIpc) is 2.30. The van der Waals surface area contributed by atoms with Crippen molar-refractivity contribution < 1.29 is 1110 Å². The first-order valence-corrected chi connectivity index (χ1v) is 5.98. The smallest absolute Gasteiger partial charge is 0 e. The van der Waals surface area contributed by atoms with Gasteiger partial charge in [0.15, 0.2) is 0 Å². The predicted molar refractivity (Wildman–Crippen MR) is 73.9 cm³/mol. The standard InChI is InChI=1S/C17H18.34Y/c1-12(2)17-11-14(4)7-10-16(17)15-8-5-13(3)6-9-15;;;;;;;;;;;;;;;;;;;;;;;;;;;;;;;;;;/h5-8,10-11H,1-4H3;;;;;;;;;;;;;;;;;;;;;;;;;;;;;;;;;;/q-2;;;;;;;;;;;;;;;;;;;;;;;;;;;;;;;;;;. The van der Waals surface area contributed by atoms with E-state index in [4.69, 9.17) is 0 Å². The van der Waals surface area contributed by atoms with E-state index < -0.39 is 0 Å². The van der Waals surface area contributed by atoms with Crippen LogP contribution in [0.5, 0.6) is 0 Å². The summed E-state index contributed by atoms with van der Waals surface area (Å²) in [5.41, 5.74) is 6.32. The van der Waals surface area contributed by atoms with Gasteiger partial charge < -0.3 is 0 Å². The zero-order valence-corrected chi connectivity index (χ0v) is 127. The summed E-state index contributed by atoms with van der Waals surface area (Å²) in [7, 11) is 0. The second-order valence-electron chi connectivity index (χ2n) is 4.83. The van der Waals surface area contributed by atoms with Gasteiger partial charge in [-0.25, -0.2) is 0 Å². The zero-order valence-electron chi connectivity index (χ0n) is 30.6. The summed E-state index contributed by atoms with van der Waals surface area (Å²) in [5, 5.41) is 0. The summed E-state index contributed by atoms with van der Waals surface area (Å²) in [4.78, 5) is 0. The third kappa shape index (κ3) is 135. The molecule has 0 bridgehead atoms. The van der Waals surface area contributed by atoms with Gasteiger partial charge in [0.05, 0.1) is 0 Å². The van der Waals surface area contributed by atoms with Crippen molar-refractivity contribution in [3.8, 4) is 11.1 Å². The first-order valence-electron chi connectivity index (χ1n) is 5.98. The Bertz CT molecular complexity index is 551. The van der Waals surface area contributed by atoms with Gasteiger partial charge in [0, 0.05) is 1110 Å². The van der Waals surface area contributed by atoms with Crippen LogP contribution in [-0.4, -0.2) is 0 Å². The van der Waals surface area contributed by atoms with Crippen LogP contribution in [0, 0.1) is 25.8 Å². The minimum atomic E-state index is 0. The number of hydrogen-bond donors (Lipinski definition) is 0. The van der Waals surface area contributed by atoms with Crippen LogP contribution in [0.1, 0.15) is 30.5 Å². The van der Waals surface area contributed by atoms with Gasteiger partial charge in [-0.3, -0.25) is 0 Å². The zero-order chi connectivity index (χ0) is 12.4. The first kappa shape index (κ1) is 221. The minimum Gasteiger partial charge on any atom is -0.183 e. The van der Waals surface area contributed by atoms with Gasteiger partial charge in [-0.1, -0.05) is 33.8 Å². The van der Waals surface area contributed by atoms with Crippen molar-refractivity contribution in [1.82, 2.24) is 0 Å². The summed E-state index contributed by atoms with van der Waals surface area (Å²) in [6.45, 7) is 8.54. The van der Waals surface area contributed by atoms with Gasteiger partial charge in [-0.15, -0.1) is 47.0 Å². The SMILES string of the molecule is Cc1c[c-]c(-c2ccc(C)cc2[C-](C)C)cc1.[Y].[Y].[Y].[Y].[Y].[Y].[Y].[Y].[Y].[Y].[Y].[Y].[Y].[Y].[Y].[Y].[Y].[Y].[Y].[Y].[Y].[Y].[Y].[Y].[Y].[Y].[Y].[Y].[Y].[Y].[Y].[Y].[Y].[Y]. The third-order valence-electron chi connectivity index (χ3n) is 2.97. The summed E-state index contributed by atoms with van der Waals surface area (Å²) >= 11 is 0. The second-order valence-corrected chi connectivity index (χ2v) is 4.83. The van der Waals surface area contributed by atoms with Crippen LogP contribution in [0.25, 0.3) is 11.1 Å². The Kier molecular flexibility index (Phi) is 722. The molecule has 0 N–H and O–H groups in total. The van der Waals surface area contributed by atoms with Crippen LogP contribution in [0.2, 0.25) is 0 Å². The van der Waals surface area contributed by atoms with Crippen molar-refractivity contribution in [2.75, 3.05) is 0 Å². The Morgan fingerprint density at radius 1 is 0.333 bits per heavy atom. The van der Waals surface area contributed by atoms with Crippen molar-refractivity contribution in [1.29, 1.82) is 0 Å². The molecule has 0 fully saturated rings. The largest absolute Gasteiger partial charge is 0.183 e. The Morgan fingerprint density at radius 2 is 0.569 bits per heavy atom. The van der Waals surface area contributed by atoms with Gasteiger partial charge in [-0.05, 0) is 0 Å². The maximum atomic E-state index is 3.35. The molecule has 0 aliphatic carbocycles. The molecule has 0 aliphatic heterocycles. The fraction of sp³-hybridized carbons (Fsp3) is 0.235. The van der Waals surface area contributed by atoms with E-state index in [1.54, 1.807) is 0 Å². The maximum Gasteiger partial charge on any atom is 0 e. The molecule has 0 unspecified atom stereocenters. The Morgan fingerprint density at radius 3 is 0.765 bits per heavy atom. The van der Waals surface area contributed by atoms with Gasteiger partial charge in [0.1, 0.15) is 0 Å². The molecule has 0 spiro atoms. The quantitative estimate of drug-likeness (QED) is 0.385. The number of rotatable bonds is 2. The van der Waals surface area contributed by atoms with Crippen LogP contribution in [-0.2, 0) is 1110 Å². The van der Waals surface area contributed by atoms with E-state index in [2.05, 4.69) is 64.1 Å². The number of aryl methyl sites for hydroxylation is 2. The first-order chi connectivity index (χ1) is 8.08. The minimum absolute atomic E-state index is 0. The molecule has 2 aromatic carbocycles. The average molecular weight is 3250 g/mol. The van der Waals surface area contributed by atoms with E-state index in [1.165, 1.54) is 33.7 Å². The molecular formula is C17H18Y34-2. The van der Waals surface area contributed by atoms with Crippen LogP contribution in [0.4, 0.5) is 0 Å². The van der Waals surface area contributed by atoms with Crippen molar-refractivity contribution in [2.45, 2.75) is 27.7 Å². The molecular weight excluding hydrogens is 3230 g/mol. The maximum absolute atomic E-state index is 3.35. The Labute approximate surface area is 1170 Å². The molecule has 0 heterocycles. The van der Waals surface area contributed by atoms with E-state index in [-0.39, 0.29) is 1110 Å². The van der Waals surface area contributed by atoms with Gasteiger partial charge >= 0.3 is 0 Å². The third-order valence-corrected chi connectivity index (χ3v) is 2.97. The molecule has 0 aliphatic rings. The molecule has 0 saturated heterocycles. The van der Waals surface area contributed by atoms with Crippen molar-refractivity contribution in [3.05, 3.63) is 65.1 Å². The van der Waals surface area contributed by atoms with E-state index >= 15 is 0 Å². The number of benzene rings is 2. The molecule has 0 saturated carbocycles. The predicted octanol–water partition coefficient (Wildman–Crippen LogP) is 4.65. The molecule has 190 valence electrons. The van der Waals surface area contributed by atoms with Gasteiger partial charge in [-0.2, -0.15) is 23.1 Å². The van der Waals surface area contributed by atoms with Crippen molar-refractivity contribution in [3.63, 3.8) is 0 Å². The molecule has 2 aromatic rings. The summed E-state index contributed by atoms with van der Waals surface area (Å²) in [5.74, 6) is 1.35. The van der Waals surface area contributed by atoms with Crippen molar-refractivity contribution in [2.24, 2.45) is 0 Å². The molecule has 34 radical (unpaired) electrons. The summed E-state index contributed by atoms with van der Waals surface area (Å²) in [6.07, 6.45) is 0. The Balaban J connectivity index is -0.00000000307. The molecule has 0 aromatic heterocycles. The summed E-state index contributed by atoms with van der Waals surface area (Å²) in [6, 6.07) is 16.3. The second kappa shape index (κ2) is 167. The molecule has 0 nitrogen and oxygen atoms in total. The van der Waals surface area contributed by atoms with E-state index in [0.29, 0.717) is 0 Å². The van der Waals surface area contributed by atoms with Crippen LogP contribution in [0.3, 0.4) is 0 Å². The van der Waals surface area contributed by atoms with Crippen LogP contribution in [0.15, 0.2) is 36.4 Å². The van der Waals surface area contributed by atoms with Crippen molar-refractivity contribution >= 4 is 0 Å².